The summed E-state index contributed by atoms with van der Waals surface area (Å²) < 4.78 is 23.1. The molecule has 0 saturated carbocycles. The normalized spacial score (nSPS) is 12.9. The van der Waals surface area contributed by atoms with Crippen LogP contribution >= 0.6 is 0 Å². The number of nitrogens with zero attached hydrogens (tertiary/aromatic N) is 3. The van der Waals surface area contributed by atoms with Crippen LogP contribution in [0.4, 0.5) is 10.1 Å². The van der Waals surface area contributed by atoms with E-state index in [1.807, 2.05) is 66.3 Å². The average molecular weight is 586 g/mol. The molecule has 3 heterocycles. The first-order valence-electron chi connectivity index (χ1n) is 14.4. The van der Waals surface area contributed by atoms with Crippen molar-refractivity contribution in [3.8, 4) is 22.8 Å². The monoisotopic (exact) mass is 585 g/mol. The highest BCUT2D eigenvalue weighted by molar-refractivity contribution is 6.07. The van der Waals surface area contributed by atoms with E-state index in [1.54, 1.807) is 6.92 Å². The minimum Gasteiger partial charge on any atom is -0.435 e. The van der Waals surface area contributed by atoms with Gasteiger partial charge in [0.1, 0.15) is 17.5 Å². The quantitative estimate of drug-likeness (QED) is 0.210. The van der Waals surface area contributed by atoms with Crippen LogP contribution in [0.2, 0.25) is 0 Å². The maximum absolute atomic E-state index is 15.4. The first kappa shape index (κ1) is 27.3. The number of aromatic amines is 1. The highest BCUT2D eigenvalue weighted by Gasteiger charge is 2.21. The Labute approximate surface area is 251 Å². The van der Waals surface area contributed by atoms with E-state index in [1.165, 1.54) is 24.0 Å². The van der Waals surface area contributed by atoms with Gasteiger partial charge in [0, 0.05) is 41.6 Å². The summed E-state index contributed by atoms with van der Waals surface area (Å²) in [5.74, 6) is -1.20. The molecular weight excluding hydrogens is 557 g/mol. The van der Waals surface area contributed by atoms with Crippen molar-refractivity contribution >= 4 is 39.1 Å². The third-order valence-electron chi connectivity index (χ3n) is 8.25. The van der Waals surface area contributed by atoms with E-state index >= 15 is 4.39 Å². The topological polar surface area (TPSA) is 102 Å². The molecule has 1 amide bonds. The Morgan fingerprint density at radius 1 is 1.05 bits per heavy atom. The third kappa shape index (κ3) is 4.72. The van der Waals surface area contributed by atoms with Gasteiger partial charge in [0.15, 0.2) is 11.6 Å². The molecule has 0 radical (unpaired) electrons. The number of hydrogen-bond acceptors (Lipinski definition) is 5. The SMILES string of the molecule is Cc1c(C(=O)Nc2ccc(Oc3ncnc4[nH]cc(-c5ccccc5)c34)c(F)c2)c(=O)c2cc(C3=CCCC3)ccc2n1C. The molecule has 7 rings (SSSR count). The Bertz CT molecular complexity index is 2180. The first-order chi connectivity index (χ1) is 21.4. The lowest BCUT2D eigenvalue weighted by Gasteiger charge is -2.16. The van der Waals surface area contributed by atoms with Gasteiger partial charge < -0.3 is 19.6 Å². The van der Waals surface area contributed by atoms with Crippen molar-refractivity contribution in [2.75, 3.05) is 5.32 Å². The van der Waals surface area contributed by atoms with E-state index < -0.39 is 11.7 Å². The molecule has 1 aliphatic carbocycles. The lowest BCUT2D eigenvalue weighted by Crippen LogP contribution is -2.26. The Balaban J connectivity index is 1.18. The number of amides is 1. The molecule has 0 unspecified atom stereocenters. The summed E-state index contributed by atoms with van der Waals surface area (Å²) in [6.45, 7) is 1.73. The molecule has 1 aliphatic rings. The van der Waals surface area contributed by atoms with Crippen LogP contribution in [0, 0.1) is 12.7 Å². The van der Waals surface area contributed by atoms with Gasteiger partial charge in [-0.15, -0.1) is 0 Å². The van der Waals surface area contributed by atoms with E-state index in [2.05, 4.69) is 26.3 Å². The standard InChI is InChI=1S/C35H28FN5O3/c1-20-30(32(42)25-16-23(21-8-6-7-9-21)12-14-28(25)41(20)2)34(43)40-24-13-15-29(27(36)17-24)44-35-31-26(22-10-4-3-5-11-22)18-37-33(31)38-19-39-35/h3-5,8,10-19H,6-7,9H2,1-2H3,(H,40,43)(H,37,38,39). The number of allylic oxidation sites excluding steroid dienone is 2. The summed E-state index contributed by atoms with van der Waals surface area (Å²) in [6, 6.07) is 19.6. The smallest absolute Gasteiger partial charge is 0.261 e. The molecule has 0 saturated heterocycles. The molecule has 0 bridgehead atoms. The third-order valence-corrected chi connectivity index (χ3v) is 8.25. The van der Waals surface area contributed by atoms with Crippen LogP contribution in [0.25, 0.3) is 38.6 Å². The molecule has 0 fully saturated rings. The van der Waals surface area contributed by atoms with Gasteiger partial charge in [0.2, 0.25) is 11.3 Å². The van der Waals surface area contributed by atoms with Crippen molar-refractivity contribution in [2.45, 2.75) is 26.2 Å². The van der Waals surface area contributed by atoms with Gasteiger partial charge in [0.25, 0.3) is 5.91 Å². The number of halogens is 1. The molecule has 0 spiro atoms. The summed E-state index contributed by atoms with van der Waals surface area (Å²) in [5, 5.41) is 3.79. The Kier molecular flexibility index (Phi) is 6.77. The van der Waals surface area contributed by atoms with Crippen molar-refractivity contribution in [3.05, 3.63) is 118 Å². The molecule has 3 aromatic heterocycles. The summed E-state index contributed by atoms with van der Waals surface area (Å²) in [6.07, 6.45) is 8.44. The van der Waals surface area contributed by atoms with E-state index in [0.717, 1.165) is 47.5 Å². The molecule has 0 aliphatic heterocycles. The van der Waals surface area contributed by atoms with E-state index in [0.29, 0.717) is 22.1 Å². The number of hydrogen-bond donors (Lipinski definition) is 2. The molecule has 0 atom stereocenters. The molecule has 2 N–H and O–H groups in total. The second-order valence-corrected chi connectivity index (χ2v) is 10.9. The molecule has 9 heteroatoms. The van der Waals surface area contributed by atoms with Gasteiger partial charge >= 0.3 is 0 Å². The lowest BCUT2D eigenvalue weighted by atomic mass is 10.0. The predicted octanol–water partition coefficient (Wildman–Crippen LogP) is 7.54. The van der Waals surface area contributed by atoms with Gasteiger partial charge in [-0.2, -0.15) is 0 Å². The average Bonchev–Trinajstić information content (AvgIpc) is 3.73. The number of ether oxygens (including phenoxy) is 1. The minimum atomic E-state index is -0.705. The summed E-state index contributed by atoms with van der Waals surface area (Å²) in [5.41, 5.74) is 5.62. The number of benzene rings is 3. The maximum Gasteiger partial charge on any atom is 0.261 e. The number of fused-ring (bicyclic) bond motifs is 2. The summed E-state index contributed by atoms with van der Waals surface area (Å²) in [7, 11) is 1.83. The summed E-state index contributed by atoms with van der Waals surface area (Å²) >= 11 is 0. The second kappa shape index (κ2) is 10.9. The number of anilines is 1. The zero-order valence-corrected chi connectivity index (χ0v) is 24.1. The van der Waals surface area contributed by atoms with E-state index in [-0.39, 0.29) is 28.3 Å². The van der Waals surface area contributed by atoms with Gasteiger partial charge in [0.05, 0.1) is 10.9 Å². The van der Waals surface area contributed by atoms with E-state index in [9.17, 15) is 9.59 Å². The van der Waals surface area contributed by atoms with E-state index in [4.69, 9.17) is 4.74 Å². The molecule has 8 nitrogen and oxygen atoms in total. The fourth-order valence-corrected chi connectivity index (χ4v) is 5.87. The van der Waals surface area contributed by atoms with Crippen LogP contribution in [0.5, 0.6) is 11.6 Å². The zero-order chi connectivity index (χ0) is 30.4. The van der Waals surface area contributed by atoms with Crippen molar-refractivity contribution in [2.24, 2.45) is 7.05 Å². The van der Waals surface area contributed by atoms with Crippen LogP contribution in [-0.4, -0.2) is 25.4 Å². The fraction of sp³-hybridized carbons (Fsp3) is 0.143. The highest BCUT2D eigenvalue weighted by Crippen LogP contribution is 2.36. The zero-order valence-electron chi connectivity index (χ0n) is 24.1. The van der Waals surface area contributed by atoms with Crippen molar-refractivity contribution in [1.29, 1.82) is 0 Å². The predicted molar refractivity (Wildman–Crippen MR) is 170 cm³/mol. The first-order valence-corrected chi connectivity index (χ1v) is 14.4. The number of nitrogens with one attached hydrogen (secondary N) is 2. The second-order valence-electron chi connectivity index (χ2n) is 10.9. The fourth-order valence-electron chi connectivity index (χ4n) is 5.87. The molecule has 218 valence electrons. The van der Waals surface area contributed by atoms with Crippen LogP contribution in [0.3, 0.4) is 0 Å². The largest absolute Gasteiger partial charge is 0.435 e. The van der Waals surface area contributed by atoms with Gasteiger partial charge in [-0.1, -0.05) is 42.5 Å². The van der Waals surface area contributed by atoms with Crippen molar-refractivity contribution < 1.29 is 13.9 Å². The number of H-pyrrole nitrogens is 1. The Morgan fingerprint density at radius 2 is 1.89 bits per heavy atom. The molecular formula is C35H28FN5O3. The van der Waals surface area contributed by atoms with Crippen LogP contribution in [-0.2, 0) is 7.05 Å². The van der Waals surface area contributed by atoms with Crippen LogP contribution in [0.15, 0.2) is 90.1 Å². The number of aryl methyl sites for hydroxylation is 1. The number of aromatic nitrogens is 4. The van der Waals surface area contributed by atoms with Crippen LogP contribution < -0.4 is 15.5 Å². The number of carbonyl (C=O) groups excluding carboxylic acids is 1. The number of carbonyl (C=O) groups is 1. The molecule has 6 aromatic rings. The number of pyridine rings is 1. The summed E-state index contributed by atoms with van der Waals surface area (Å²) in [4.78, 5) is 38.7. The highest BCUT2D eigenvalue weighted by atomic mass is 19.1. The molecule has 3 aromatic carbocycles. The maximum atomic E-state index is 15.4. The Hall–Kier alpha value is -5.57. The van der Waals surface area contributed by atoms with Gasteiger partial charge in [-0.3, -0.25) is 9.59 Å². The van der Waals surface area contributed by atoms with Crippen LogP contribution in [0.1, 0.15) is 40.9 Å². The lowest BCUT2D eigenvalue weighted by molar-refractivity contribution is 0.102. The Morgan fingerprint density at radius 3 is 2.66 bits per heavy atom. The minimum absolute atomic E-state index is 0.0163. The molecule has 44 heavy (non-hydrogen) atoms. The number of rotatable bonds is 6. The van der Waals surface area contributed by atoms with Crippen molar-refractivity contribution in [3.63, 3.8) is 0 Å². The van der Waals surface area contributed by atoms with Gasteiger partial charge in [-0.25, -0.2) is 14.4 Å². The van der Waals surface area contributed by atoms with Crippen molar-refractivity contribution in [1.82, 2.24) is 19.5 Å². The van der Waals surface area contributed by atoms with Gasteiger partial charge in [-0.05, 0) is 67.2 Å².